The summed E-state index contributed by atoms with van der Waals surface area (Å²) in [5.74, 6) is 0. The third-order valence-corrected chi connectivity index (χ3v) is 2.74. The lowest BCUT2D eigenvalue weighted by atomic mass is 9.97. The van der Waals surface area contributed by atoms with E-state index in [0.717, 1.165) is 22.3 Å². The van der Waals surface area contributed by atoms with Crippen LogP contribution in [0, 0.1) is 18.3 Å². The number of aromatic nitrogens is 1. The number of rotatable bonds is 2. The molecule has 84 valence electrons. The quantitative estimate of drug-likeness (QED) is 0.851. The van der Waals surface area contributed by atoms with E-state index in [9.17, 15) is 0 Å². The molecule has 1 unspecified atom stereocenters. The zero-order valence-corrected chi connectivity index (χ0v) is 9.59. The van der Waals surface area contributed by atoms with Crippen molar-refractivity contribution in [2.24, 2.45) is 5.73 Å². The van der Waals surface area contributed by atoms with Gasteiger partial charge in [0.2, 0.25) is 0 Å². The number of nitriles is 1. The van der Waals surface area contributed by atoms with Crippen molar-refractivity contribution in [3.63, 3.8) is 0 Å². The van der Waals surface area contributed by atoms with Crippen molar-refractivity contribution in [2.45, 2.75) is 13.0 Å². The molecule has 1 heterocycles. The van der Waals surface area contributed by atoms with Crippen LogP contribution in [0.4, 0.5) is 0 Å². The highest BCUT2D eigenvalue weighted by Gasteiger charge is 2.08. The molecule has 1 atom stereocenters. The van der Waals surface area contributed by atoms with Crippen molar-refractivity contribution in [1.29, 1.82) is 5.26 Å². The molecule has 0 saturated heterocycles. The van der Waals surface area contributed by atoms with Crippen LogP contribution in [0.15, 0.2) is 42.7 Å². The van der Waals surface area contributed by atoms with Gasteiger partial charge in [0.15, 0.2) is 0 Å². The zero-order valence-electron chi connectivity index (χ0n) is 9.59. The zero-order chi connectivity index (χ0) is 12.3. The normalized spacial score (nSPS) is 11.8. The Morgan fingerprint density at radius 2 is 2.12 bits per heavy atom. The summed E-state index contributed by atoms with van der Waals surface area (Å²) >= 11 is 0. The van der Waals surface area contributed by atoms with E-state index < -0.39 is 6.04 Å². The van der Waals surface area contributed by atoms with E-state index in [0.29, 0.717) is 0 Å². The van der Waals surface area contributed by atoms with E-state index in [-0.39, 0.29) is 0 Å². The second kappa shape index (κ2) is 4.77. The Morgan fingerprint density at radius 1 is 1.29 bits per heavy atom. The number of hydrogen-bond acceptors (Lipinski definition) is 3. The Hall–Kier alpha value is -2.18. The maximum atomic E-state index is 8.81. The van der Waals surface area contributed by atoms with Crippen LogP contribution in [0.2, 0.25) is 0 Å². The van der Waals surface area contributed by atoms with Crippen LogP contribution >= 0.6 is 0 Å². The maximum Gasteiger partial charge on any atom is 0.119 e. The number of nitrogens with two attached hydrogens (primary N) is 1. The summed E-state index contributed by atoms with van der Waals surface area (Å²) in [5.41, 5.74) is 9.76. The Labute approximate surface area is 101 Å². The summed E-state index contributed by atoms with van der Waals surface area (Å²) < 4.78 is 0. The second-order valence-corrected chi connectivity index (χ2v) is 3.92. The first kappa shape index (κ1) is 11.3. The molecule has 0 radical (unpaired) electrons. The molecule has 3 nitrogen and oxygen atoms in total. The van der Waals surface area contributed by atoms with Gasteiger partial charge in [0, 0.05) is 12.4 Å². The van der Waals surface area contributed by atoms with Crippen LogP contribution in [-0.2, 0) is 0 Å². The molecule has 3 heteroatoms. The summed E-state index contributed by atoms with van der Waals surface area (Å²) in [6, 6.07) is 11.3. The smallest absolute Gasteiger partial charge is 0.119 e. The van der Waals surface area contributed by atoms with Gasteiger partial charge in [-0.2, -0.15) is 5.26 Å². The Bertz CT molecular complexity index is 555. The van der Waals surface area contributed by atoms with Crippen molar-refractivity contribution in [3.05, 3.63) is 53.9 Å². The standard InChI is InChI=1S/C14H13N3/c1-10-7-11(12-3-2-6-17-9-12)4-5-13(10)14(16)8-15/h2-7,9,14H,16H2,1H3. The molecule has 0 spiro atoms. The maximum absolute atomic E-state index is 8.81. The highest BCUT2D eigenvalue weighted by Crippen LogP contribution is 2.23. The molecule has 1 aromatic carbocycles. The first-order valence-electron chi connectivity index (χ1n) is 5.38. The van der Waals surface area contributed by atoms with E-state index in [1.165, 1.54) is 0 Å². The molecular weight excluding hydrogens is 210 g/mol. The van der Waals surface area contributed by atoms with Gasteiger partial charge in [-0.3, -0.25) is 4.98 Å². The van der Waals surface area contributed by atoms with Gasteiger partial charge in [-0.1, -0.05) is 24.3 Å². The van der Waals surface area contributed by atoms with E-state index in [1.54, 1.807) is 6.20 Å². The molecule has 2 aromatic rings. The summed E-state index contributed by atoms with van der Waals surface area (Å²) in [4.78, 5) is 4.09. The molecule has 0 aliphatic carbocycles. The van der Waals surface area contributed by atoms with Crippen molar-refractivity contribution in [2.75, 3.05) is 0 Å². The number of hydrogen-bond donors (Lipinski definition) is 1. The molecular formula is C14H13N3. The van der Waals surface area contributed by atoms with Gasteiger partial charge in [0.1, 0.15) is 6.04 Å². The number of aryl methyl sites for hydroxylation is 1. The average molecular weight is 223 g/mol. The molecule has 0 fully saturated rings. The fraction of sp³-hybridized carbons (Fsp3) is 0.143. The van der Waals surface area contributed by atoms with Crippen molar-refractivity contribution >= 4 is 0 Å². The van der Waals surface area contributed by atoms with Gasteiger partial charge in [0.25, 0.3) is 0 Å². The first-order chi connectivity index (χ1) is 8.22. The lowest BCUT2D eigenvalue weighted by molar-refractivity contribution is 0.914. The predicted molar refractivity (Wildman–Crippen MR) is 67.0 cm³/mol. The van der Waals surface area contributed by atoms with Crippen molar-refractivity contribution < 1.29 is 0 Å². The number of nitrogens with zero attached hydrogens (tertiary/aromatic N) is 2. The van der Waals surface area contributed by atoms with E-state index in [2.05, 4.69) is 4.98 Å². The van der Waals surface area contributed by atoms with Crippen LogP contribution in [0.3, 0.4) is 0 Å². The fourth-order valence-electron chi connectivity index (χ4n) is 1.81. The predicted octanol–water partition coefficient (Wildman–Crippen LogP) is 2.58. The molecule has 0 aliphatic rings. The van der Waals surface area contributed by atoms with Crippen molar-refractivity contribution in [1.82, 2.24) is 4.98 Å². The SMILES string of the molecule is Cc1cc(-c2cccnc2)ccc1C(N)C#N. The molecule has 17 heavy (non-hydrogen) atoms. The average Bonchev–Trinajstić information content (AvgIpc) is 2.39. The molecule has 2 rings (SSSR count). The highest BCUT2D eigenvalue weighted by molar-refractivity contribution is 5.64. The largest absolute Gasteiger partial charge is 0.312 e. The third-order valence-electron chi connectivity index (χ3n) is 2.74. The summed E-state index contributed by atoms with van der Waals surface area (Å²) in [6.45, 7) is 1.96. The van der Waals surface area contributed by atoms with E-state index in [1.807, 2.05) is 49.5 Å². The molecule has 1 aromatic heterocycles. The van der Waals surface area contributed by atoms with Gasteiger partial charge in [-0.25, -0.2) is 0 Å². The summed E-state index contributed by atoms with van der Waals surface area (Å²) in [6.07, 6.45) is 3.56. The van der Waals surface area contributed by atoms with Crippen LogP contribution in [0.1, 0.15) is 17.2 Å². The van der Waals surface area contributed by atoms with Gasteiger partial charge in [-0.05, 0) is 35.2 Å². The van der Waals surface area contributed by atoms with Gasteiger partial charge >= 0.3 is 0 Å². The molecule has 0 amide bonds. The number of benzene rings is 1. The van der Waals surface area contributed by atoms with Gasteiger partial charge in [0.05, 0.1) is 6.07 Å². The molecule has 0 aliphatic heterocycles. The Morgan fingerprint density at radius 3 is 2.71 bits per heavy atom. The lowest BCUT2D eigenvalue weighted by Gasteiger charge is -2.09. The Kier molecular flexibility index (Phi) is 3.17. The molecule has 2 N–H and O–H groups in total. The summed E-state index contributed by atoms with van der Waals surface area (Å²) in [7, 11) is 0. The van der Waals surface area contributed by atoms with Crippen LogP contribution < -0.4 is 5.73 Å². The minimum atomic E-state index is -0.557. The minimum absolute atomic E-state index is 0.557. The fourth-order valence-corrected chi connectivity index (χ4v) is 1.81. The van der Waals surface area contributed by atoms with E-state index >= 15 is 0 Å². The molecule has 0 saturated carbocycles. The first-order valence-corrected chi connectivity index (χ1v) is 5.38. The summed E-state index contributed by atoms with van der Waals surface area (Å²) in [5, 5.41) is 8.81. The van der Waals surface area contributed by atoms with Gasteiger partial charge in [-0.15, -0.1) is 0 Å². The highest BCUT2D eigenvalue weighted by atomic mass is 14.6. The second-order valence-electron chi connectivity index (χ2n) is 3.92. The van der Waals surface area contributed by atoms with Gasteiger partial charge < -0.3 is 5.73 Å². The topological polar surface area (TPSA) is 62.7 Å². The van der Waals surface area contributed by atoms with Crippen LogP contribution in [-0.4, -0.2) is 4.98 Å². The third kappa shape index (κ3) is 2.32. The lowest BCUT2D eigenvalue weighted by Crippen LogP contribution is -2.08. The molecule has 0 bridgehead atoms. The van der Waals surface area contributed by atoms with Crippen LogP contribution in [0.25, 0.3) is 11.1 Å². The van der Waals surface area contributed by atoms with Crippen molar-refractivity contribution in [3.8, 4) is 17.2 Å². The van der Waals surface area contributed by atoms with E-state index in [4.69, 9.17) is 11.0 Å². The minimum Gasteiger partial charge on any atom is -0.312 e. The van der Waals surface area contributed by atoms with Crippen LogP contribution in [0.5, 0.6) is 0 Å². The monoisotopic (exact) mass is 223 g/mol. The number of pyridine rings is 1. The Balaban J connectivity index is 2.42.